The standard InChI is InChI=1S/C10H9BrN4S/c11-9-2-1-8(5-13-9)6-15-3-4-16-10(15)14-7-12/h1-2,5H,3-4,6H2. The van der Waals surface area contributed by atoms with Crippen LogP contribution in [0.3, 0.4) is 0 Å². The van der Waals surface area contributed by atoms with Crippen LogP contribution in [0.2, 0.25) is 0 Å². The Hall–Kier alpha value is -1.06. The molecule has 4 nitrogen and oxygen atoms in total. The van der Waals surface area contributed by atoms with E-state index in [4.69, 9.17) is 5.26 Å². The third-order valence-corrected chi connectivity index (χ3v) is 3.63. The van der Waals surface area contributed by atoms with E-state index in [0.29, 0.717) is 0 Å². The van der Waals surface area contributed by atoms with E-state index < -0.39 is 0 Å². The van der Waals surface area contributed by atoms with Crippen LogP contribution in [0, 0.1) is 11.5 Å². The molecule has 0 atom stereocenters. The lowest BCUT2D eigenvalue weighted by Crippen LogP contribution is -2.23. The molecule has 1 aliphatic rings. The second-order valence-corrected chi connectivity index (χ2v) is 5.13. The molecule has 6 heteroatoms. The second-order valence-electron chi connectivity index (χ2n) is 3.25. The van der Waals surface area contributed by atoms with Crippen molar-refractivity contribution >= 4 is 32.9 Å². The van der Waals surface area contributed by atoms with E-state index in [2.05, 4.69) is 30.8 Å². The van der Waals surface area contributed by atoms with E-state index in [1.807, 2.05) is 24.5 Å². The summed E-state index contributed by atoms with van der Waals surface area (Å²) in [6.07, 6.45) is 3.67. The second kappa shape index (κ2) is 5.32. The van der Waals surface area contributed by atoms with Gasteiger partial charge >= 0.3 is 0 Å². The highest BCUT2D eigenvalue weighted by molar-refractivity contribution is 9.10. The third kappa shape index (κ3) is 2.74. The summed E-state index contributed by atoms with van der Waals surface area (Å²) in [5.74, 6) is 0.991. The number of pyridine rings is 1. The van der Waals surface area contributed by atoms with E-state index in [-0.39, 0.29) is 0 Å². The molecule has 1 fully saturated rings. The number of aliphatic imine (C=N–C) groups is 1. The molecule has 1 aromatic rings. The van der Waals surface area contributed by atoms with Crippen LogP contribution in [0.15, 0.2) is 27.9 Å². The SMILES string of the molecule is N#CN=C1SCCN1Cc1ccc(Br)nc1. The van der Waals surface area contributed by atoms with Gasteiger partial charge in [0.15, 0.2) is 5.17 Å². The Labute approximate surface area is 107 Å². The first kappa shape index (κ1) is 11.4. The van der Waals surface area contributed by atoms with Gasteiger partial charge < -0.3 is 4.90 Å². The Morgan fingerprint density at radius 3 is 3.19 bits per heavy atom. The Kier molecular flexibility index (Phi) is 3.80. The van der Waals surface area contributed by atoms with Crippen molar-refractivity contribution in [2.24, 2.45) is 4.99 Å². The summed E-state index contributed by atoms with van der Waals surface area (Å²) in [7, 11) is 0. The van der Waals surface area contributed by atoms with Crippen molar-refractivity contribution < 1.29 is 0 Å². The Bertz CT molecular complexity index is 437. The predicted molar refractivity (Wildman–Crippen MR) is 67.9 cm³/mol. The number of thioether (sulfide) groups is 1. The van der Waals surface area contributed by atoms with Crippen molar-refractivity contribution in [3.63, 3.8) is 0 Å². The number of rotatable bonds is 2. The van der Waals surface area contributed by atoms with Crippen LogP contribution >= 0.6 is 27.7 Å². The largest absolute Gasteiger partial charge is 0.345 e. The van der Waals surface area contributed by atoms with Crippen LogP contribution in [0.4, 0.5) is 0 Å². The fraction of sp³-hybridized carbons (Fsp3) is 0.300. The molecule has 0 spiro atoms. The Morgan fingerprint density at radius 2 is 2.50 bits per heavy atom. The van der Waals surface area contributed by atoms with E-state index in [1.54, 1.807) is 11.8 Å². The van der Waals surface area contributed by atoms with Crippen LogP contribution in [-0.4, -0.2) is 27.3 Å². The van der Waals surface area contributed by atoms with E-state index >= 15 is 0 Å². The van der Waals surface area contributed by atoms with Crippen molar-refractivity contribution in [3.8, 4) is 6.19 Å². The van der Waals surface area contributed by atoms with Crippen LogP contribution in [0.1, 0.15) is 5.56 Å². The number of amidine groups is 1. The number of hydrogen-bond donors (Lipinski definition) is 0. The first-order valence-electron chi connectivity index (χ1n) is 4.74. The molecule has 0 aromatic carbocycles. The lowest BCUT2D eigenvalue weighted by molar-refractivity contribution is 0.456. The highest BCUT2D eigenvalue weighted by atomic mass is 79.9. The maximum Gasteiger partial charge on any atom is 0.208 e. The fourth-order valence-electron chi connectivity index (χ4n) is 1.45. The van der Waals surface area contributed by atoms with E-state index in [0.717, 1.165) is 34.2 Å². The van der Waals surface area contributed by atoms with E-state index in [1.165, 1.54) is 0 Å². The Balaban J connectivity index is 2.07. The zero-order valence-corrected chi connectivity index (χ0v) is 10.8. The summed E-state index contributed by atoms with van der Waals surface area (Å²) in [5.41, 5.74) is 1.12. The quantitative estimate of drug-likeness (QED) is 0.620. The van der Waals surface area contributed by atoms with Gasteiger partial charge in [0, 0.05) is 25.0 Å². The zero-order valence-electron chi connectivity index (χ0n) is 8.43. The van der Waals surface area contributed by atoms with Gasteiger partial charge in [0.25, 0.3) is 0 Å². The van der Waals surface area contributed by atoms with Gasteiger partial charge in [-0.05, 0) is 27.6 Å². The summed E-state index contributed by atoms with van der Waals surface area (Å²) in [5, 5.41) is 9.36. The van der Waals surface area contributed by atoms with E-state index in [9.17, 15) is 0 Å². The maximum atomic E-state index is 8.55. The normalized spacial score (nSPS) is 17.8. The number of nitrogens with zero attached hydrogens (tertiary/aromatic N) is 4. The minimum atomic E-state index is 0.758. The summed E-state index contributed by atoms with van der Waals surface area (Å²) in [6.45, 7) is 1.69. The maximum absolute atomic E-state index is 8.55. The molecule has 1 aliphatic heterocycles. The molecule has 0 aliphatic carbocycles. The van der Waals surface area contributed by atoms with Gasteiger partial charge in [-0.3, -0.25) is 0 Å². The highest BCUT2D eigenvalue weighted by Crippen LogP contribution is 2.20. The van der Waals surface area contributed by atoms with Crippen molar-refractivity contribution in [3.05, 3.63) is 28.5 Å². The molecule has 16 heavy (non-hydrogen) atoms. The first-order valence-corrected chi connectivity index (χ1v) is 6.52. The molecular weight excluding hydrogens is 288 g/mol. The van der Waals surface area contributed by atoms with Crippen molar-refractivity contribution in [2.75, 3.05) is 12.3 Å². The fourth-order valence-corrected chi connectivity index (χ4v) is 2.62. The lowest BCUT2D eigenvalue weighted by atomic mass is 10.3. The average molecular weight is 297 g/mol. The molecule has 0 saturated carbocycles. The number of nitriles is 1. The zero-order chi connectivity index (χ0) is 11.4. The number of hydrogen-bond acceptors (Lipinski definition) is 4. The summed E-state index contributed by atoms with van der Waals surface area (Å²) in [6, 6.07) is 3.93. The summed E-state index contributed by atoms with van der Waals surface area (Å²) < 4.78 is 0.831. The minimum Gasteiger partial charge on any atom is -0.345 e. The minimum absolute atomic E-state index is 0.758. The van der Waals surface area contributed by atoms with Crippen LogP contribution in [0.5, 0.6) is 0 Å². The first-order chi connectivity index (χ1) is 7.79. The van der Waals surface area contributed by atoms with Gasteiger partial charge in [-0.1, -0.05) is 17.8 Å². The van der Waals surface area contributed by atoms with Gasteiger partial charge in [0.1, 0.15) is 4.60 Å². The molecule has 0 bridgehead atoms. The van der Waals surface area contributed by atoms with Gasteiger partial charge in [0.05, 0.1) is 0 Å². The third-order valence-electron chi connectivity index (χ3n) is 2.17. The van der Waals surface area contributed by atoms with Gasteiger partial charge in [-0.25, -0.2) is 4.98 Å². The summed E-state index contributed by atoms with van der Waals surface area (Å²) >= 11 is 4.92. The van der Waals surface area contributed by atoms with Crippen molar-refractivity contribution in [2.45, 2.75) is 6.54 Å². The van der Waals surface area contributed by atoms with Crippen LogP contribution < -0.4 is 0 Å². The topological polar surface area (TPSA) is 52.3 Å². The molecule has 0 amide bonds. The summed E-state index contributed by atoms with van der Waals surface area (Å²) in [4.78, 5) is 10.1. The smallest absolute Gasteiger partial charge is 0.208 e. The molecule has 0 unspecified atom stereocenters. The molecule has 0 radical (unpaired) electrons. The van der Waals surface area contributed by atoms with Crippen molar-refractivity contribution in [1.82, 2.24) is 9.88 Å². The molecular formula is C10H9BrN4S. The van der Waals surface area contributed by atoms with Crippen LogP contribution in [0.25, 0.3) is 0 Å². The van der Waals surface area contributed by atoms with Crippen LogP contribution in [-0.2, 0) is 6.54 Å². The molecule has 2 rings (SSSR count). The predicted octanol–water partition coefficient (Wildman–Crippen LogP) is 2.23. The highest BCUT2D eigenvalue weighted by Gasteiger charge is 2.19. The lowest BCUT2D eigenvalue weighted by Gasteiger charge is -2.16. The molecule has 1 aromatic heterocycles. The Morgan fingerprint density at radius 1 is 1.62 bits per heavy atom. The number of halogens is 1. The number of aromatic nitrogens is 1. The molecule has 2 heterocycles. The molecule has 0 N–H and O–H groups in total. The monoisotopic (exact) mass is 296 g/mol. The van der Waals surface area contributed by atoms with Gasteiger partial charge in [0.2, 0.25) is 6.19 Å². The molecule has 1 saturated heterocycles. The molecule has 82 valence electrons. The van der Waals surface area contributed by atoms with Gasteiger partial charge in [-0.15, -0.1) is 4.99 Å². The van der Waals surface area contributed by atoms with Crippen molar-refractivity contribution in [1.29, 1.82) is 5.26 Å². The average Bonchev–Trinajstić information content (AvgIpc) is 2.70. The van der Waals surface area contributed by atoms with Gasteiger partial charge in [-0.2, -0.15) is 5.26 Å².